The SMILES string of the molecule is CCN(C)S(=O)(=O)Nc1ccc(F)c(C(=O)c2c[nH]c3ncc(-c4ccc(N5CCC(NC(=O)C(OC=O)N6CCC(c7ccc(NC8CCC(=O)NC8=O)cn7)CC6)CC5)cc4)cc23)c1F. The molecule has 0 saturated carbocycles. The van der Waals surface area contributed by atoms with Gasteiger partial charge in [0.2, 0.25) is 23.8 Å². The Kier molecular flexibility index (Phi) is 13.9. The molecule has 0 radical (unpaired) electrons. The second-order valence-corrected chi connectivity index (χ2v) is 18.6. The van der Waals surface area contributed by atoms with Crippen molar-refractivity contribution in [2.24, 2.45) is 0 Å². The summed E-state index contributed by atoms with van der Waals surface area (Å²) in [7, 11) is -2.87. The van der Waals surface area contributed by atoms with Crippen molar-refractivity contribution >= 4 is 68.3 Å². The molecule has 2 aromatic carbocycles. The molecule has 352 valence electrons. The number of nitrogens with zero attached hydrogens (tertiary/aromatic N) is 5. The molecule has 3 aliphatic heterocycles. The Morgan fingerprint density at radius 3 is 2.37 bits per heavy atom. The smallest absolute Gasteiger partial charge is 0.301 e. The molecule has 18 nitrogen and oxygen atoms in total. The summed E-state index contributed by atoms with van der Waals surface area (Å²) in [5.74, 6) is -4.36. The molecule has 3 saturated heterocycles. The highest BCUT2D eigenvalue weighted by Gasteiger charge is 2.34. The van der Waals surface area contributed by atoms with Gasteiger partial charge in [-0.15, -0.1) is 0 Å². The van der Waals surface area contributed by atoms with E-state index in [-0.39, 0.29) is 48.2 Å². The highest BCUT2D eigenvalue weighted by molar-refractivity contribution is 7.90. The van der Waals surface area contributed by atoms with E-state index in [4.69, 9.17) is 4.74 Å². The van der Waals surface area contributed by atoms with Crippen molar-refractivity contribution < 1.29 is 45.9 Å². The van der Waals surface area contributed by atoms with Gasteiger partial charge in [0.1, 0.15) is 17.5 Å². The number of likely N-dealkylation sites (tertiary alicyclic amines) is 1. The van der Waals surface area contributed by atoms with Crippen molar-refractivity contribution in [2.45, 2.75) is 69.7 Å². The second kappa shape index (κ2) is 19.9. The Morgan fingerprint density at radius 2 is 1.70 bits per heavy atom. The lowest BCUT2D eigenvalue weighted by Crippen LogP contribution is -2.54. The first-order valence-electron chi connectivity index (χ1n) is 22.0. The van der Waals surface area contributed by atoms with Gasteiger partial charge in [0.05, 0.1) is 23.1 Å². The summed E-state index contributed by atoms with van der Waals surface area (Å²) in [4.78, 5) is 78.4. The number of aromatic nitrogens is 3. The zero-order valence-electron chi connectivity index (χ0n) is 36.8. The molecule has 8 rings (SSSR count). The summed E-state index contributed by atoms with van der Waals surface area (Å²) in [6, 6.07) is 14.3. The molecule has 2 unspecified atom stereocenters. The molecule has 0 spiro atoms. The molecular formula is C46H50F2N10O8S. The van der Waals surface area contributed by atoms with Crippen LogP contribution in [0.25, 0.3) is 22.2 Å². The molecule has 3 amide bonds. The van der Waals surface area contributed by atoms with Crippen molar-refractivity contribution in [3.63, 3.8) is 0 Å². The van der Waals surface area contributed by atoms with Crippen LogP contribution in [0.4, 0.5) is 25.8 Å². The number of nitrogens with one attached hydrogen (secondary N) is 5. The van der Waals surface area contributed by atoms with Crippen LogP contribution >= 0.6 is 0 Å². The van der Waals surface area contributed by atoms with E-state index in [2.05, 4.69) is 40.5 Å². The van der Waals surface area contributed by atoms with Gasteiger partial charge in [-0.05, 0) is 80.1 Å². The van der Waals surface area contributed by atoms with Crippen LogP contribution in [0.3, 0.4) is 0 Å². The second-order valence-electron chi connectivity index (χ2n) is 16.8. The van der Waals surface area contributed by atoms with E-state index in [1.807, 2.05) is 41.3 Å². The molecular weight excluding hydrogens is 891 g/mol. The number of pyridine rings is 2. The number of hydrogen-bond donors (Lipinski definition) is 5. The summed E-state index contributed by atoms with van der Waals surface area (Å²) in [6.45, 7) is 4.31. The van der Waals surface area contributed by atoms with E-state index in [9.17, 15) is 32.4 Å². The van der Waals surface area contributed by atoms with Crippen molar-refractivity contribution in [1.29, 1.82) is 0 Å². The minimum absolute atomic E-state index is 0.0483. The average molecular weight is 941 g/mol. The zero-order valence-corrected chi connectivity index (χ0v) is 37.6. The number of aromatic amines is 1. The molecule has 3 aliphatic rings. The molecule has 0 aliphatic carbocycles. The van der Waals surface area contributed by atoms with E-state index < -0.39 is 51.1 Å². The highest BCUT2D eigenvalue weighted by Crippen LogP contribution is 2.32. The van der Waals surface area contributed by atoms with Crippen LogP contribution in [0.1, 0.15) is 73.0 Å². The molecule has 67 heavy (non-hydrogen) atoms. The van der Waals surface area contributed by atoms with Gasteiger partial charge in [-0.25, -0.2) is 13.8 Å². The van der Waals surface area contributed by atoms with Crippen LogP contribution < -0.4 is 25.6 Å². The predicted molar refractivity (Wildman–Crippen MR) is 244 cm³/mol. The van der Waals surface area contributed by atoms with Gasteiger partial charge in [0.25, 0.3) is 12.4 Å². The van der Waals surface area contributed by atoms with E-state index in [1.54, 1.807) is 25.4 Å². The maximum absolute atomic E-state index is 15.6. The summed E-state index contributed by atoms with van der Waals surface area (Å²) in [5.41, 5.74) is 2.71. The van der Waals surface area contributed by atoms with Crippen LogP contribution in [0.2, 0.25) is 0 Å². The monoisotopic (exact) mass is 940 g/mol. The fourth-order valence-electron chi connectivity index (χ4n) is 8.69. The molecule has 2 atom stereocenters. The summed E-state index contributed by atoms with van der Waals surface area (Å²) >= 11 is 0. The van der Waals surface area contributed by atoms with Gasteiger partial charge in [0.15, 0.2) is 5.82 Å². The number of piperidine rings is 3. The van der Waals surface area contributed by atoms with Gasteiger partial charge in [0, 0.05) is 98.4 Å². The molecule has 21 heteroatoms. The summed E-state index contributed by atoms with van der Waals surface area (Å²) in [5, 5.41) is 8.88. The van der Waals surface area contributed by atoms with E-state index >= 15 is 8.78 Å². The third-order valence-electron chi connectivity index (χ3n) is 12.7. The number of rotatable bonds is 16. The average Bonchev–Trinajstić information content (AvgIpc) is 3.76. The van der Waals surface area contributed by atoms with Crippen LogP contribution in [-0.2, 0) is 34.1 Å². The lowest BCUT2D eigenvalue weighted by Gasteiger charge is -2.37. The van der Waals surface area contributed by atoms with Gasteiger partial charge < -0.3 is 25.3 Å². The van der Waals surface area contributed by atoms with Crippen molar-refractivity contribution in [3.05, 3.63) is 102 Å². The summed E-state index contributed by atoms with van der Waals surface area (Å²) < 4.78 is 64.2. The number of anilines is 3. The first kappa shape index (κ1) is 46.7. The van der Waals surface area contributed by atoms with Crippen LogP contribution in [0, 0.1) is 11.6 Å². The largest absolute Gasteiger partial charge is 0.439 e. The third kappa shape index (κ3) is 10.3. The number of carbonyl (C=O) groups is 5. The molecule has 3 aromatic heterocycles. The number of carbonyl (C=O) groups excluding carboxylic acids is 5. The lowest BCUT2D eigenvalue weighted by atomic mass is 9.92. The highest BCUT2D eigenvalue weighted by atomic mass is 32.2. The molecule has 0 bridgehead atoms. The fraction of sp³-hybridized carbons (Fsp3) is 0.370. The number of benzene rings is 2. The summed E-state index contributed by atoms with van der Waals surface area (Å²) in [6.07, 6.45) is 6.91. The lowest BCUT2D eigenvalue weighted by molar-refractivity contribution is -0.159. The number of imide groups is 1. The van der Waals surface area contributed by atoms with E-state index in [0.29, 0.717) is 87.0 Å². The number of H-pyrrole nitrogens is 1. The fourth-order valence-corrected chi connectivity index (χ4v) is 9.62. The Morgan fingerprint density at radius 1 is 0.955 bits per heavy atom. The Labute approximate surface area is 385 Å². The first-order chi connectivity index (χ1) is 32.2. The van der Waals surface area contributed by atoms with Crippen molar-refractivity contribution in [2.75, 3.05) is 54.7 Å². The van der Waals surface area contributed by atoms with E-state index in [0.717, 1.165) is 33.4 Å². The van der Waals surface area contributed by atoms with E-state index in [1.165, 1.54) is 13.2 Å². The van der Waals surface area contributed by atoms with Crippen molar-refractivity contribution in [1.82, 2.24) is 34.8 Å². The molecule has 5 N–H and O–H groups in total. The van der Waals surface area contributed by atoms with Gasteiger partial charge in [-0.1, -0.05) is 19.1 Å². The molecule has 5 aromatic rings. The predicted octanol–water partition coefficient (Wildman–Crippen LogP) is 4.42. The Hall–Kier alpha value is -6.84. The minimum Gasteiger partial charge on any atom is -0.439 e. The van der Waals surface area contributed by atoms with Crippen LogP contribution in [0.5, 0.6) is 0 Å². The molecule has 3 fully saturated rings. The topological polar surface area (TPSA) is 228 Å². The maximum atomic E-state index is 15.6. The number of ether oxygens (including phenoxy) is 1. The number of hydrogen-bond acceptors (Lipinski definition) is 13. The van der Waals surface area contributed by atoms with Crippen LogP contribution in [0.15, 0.2) is 73.2 Å². The third-order valence-corrected chi connectivity index (χ3v) is 14.2. The standard InChI is InChI=1S/C46H50F2N10O8S/c1-3-56(2)67(64,65)55-37-11-9-35(47)40(41(37)48)42(61)34-25-51-43-33(34)22-29(23-50-43)27-4-7-32(8-5-27)57-20-16-30(17-21-57)53-45(63)46(66-26-59)58-18-14-28(15-19-58)36-10-6-31(24-49-36)52-38-12-13-39(60)54-44(38)62/h4-11,22-26,28,30,38,46,52,55H,3,12-21H2,1-2H3,(H,50,51)(H,53,63)(H,54,60,62). The zero-order chi connectivity index (χ0) is 47.4. The van der Waals surface area contributed by atoms with Crippen molar-refractivity contribution in [3.8, 4) is 11.1 Å². The number of fused-ring (bicyclic) bond motifs is 1. The number of halogens is 2. The Balaban J connectivity index is 0.844. The quantitative estimate of drug-likeness (QED) is 0.0525. The minimum atomic E-state index is -4.16. The molecule has 6 heterocycles. The number of amides is 3. The first-order valence-corrected chi connectivity index (χ1v) is 23.5. The van der Waals surface area contributed by atoms with Gasteiger partial charge >= 0.3 is 10.2 Å². The van der Waals surface area contributed by atoms with Gasteiger partial charge in [-0.2, -0.15) is 12.7 Å². The Bertz CT molecular complexity index is 2780. The maximum Gasteiger partial charge on any atom is 0.301 e. The van der Waals surface area contributed by atoms with Crippen LogP contribution in [-0.4, -0.2) is 121 Å². The number of ketones is 1. The van der Waals surface area contributed by atoms with Gasteiger partial charge in [-0.3, -0.25) is 43.9 Å². The normalized spacial score (nSPS) is 18.1.